The largest absolute Gasteiger partial charge is 0.468 e. The number of aromatic nitrogens is 1. The topological polar surface area (TPSA) is 42.4 Å². The molecule has 0 saturated carbocycles. The van der Waals surface area contributed by atoms with Crippen molar-refractivity contribution >= 4 is 17.3 Å². The lowest BCUT2D eigenvalue weighted by atomic mass is 10.1. The van der Waals surface area contributed by atoms with Crippen LogP contribution >= 0.6 is 11.3 Å². The van der Waals surface area contributed by atoms with Crippen LogP contribution in [0.4, 0.5) is 4.39 Å². The van der Waals surface area contributed by atoms with Crippen LogP contribution in [-0.4, -0.2) is 30.0 Å². The Labute approximate surface area is 127 Å². The number of aryl methyl sites for hydroxylation is 1. The third-order valence-corrected chi connectivity index (χ3v) is 3.95. The molecule has 1 atom stereocenters. The minimum absolute atomic E-state index is 0.333. The average Bonchev–Trinajstić information content (AvgIpc) is 2.86. The fourth-order valence-electron chi connectivity index (χ4n) is 2.15. The molecule has 0 radical (unpaired) electrons. The summed E-state index contributed by atoms with van der Waals surface area (Å²) >= 11 is 1.57. The van der Waals surface area contributed by atoms with Gasteiger partial charge in [0.2, 0.25) is 0 Å². The maximum absolute atomic E-state index is 13.0. The predicted molar refractivity (Wildman–Crippen MR) is 79.5 cm³/mol. The summed E-state index contributed by atoms with van der Waals surface area (Å²) in [6, 6.07) is 5.29. The molecule has 0 amide bonds. The van der Waals surface area contributed by atoms with Crippen molar-refractivity contribution in [1.82, 2.24) is 9.88 Å². The summed E-state index contributed by atoms with van der Waals surface area (Å²) in [5.41, 5.74) is 1.59. The molecular weight excluding hydrogens is 291 g/mol. The van der Waals surface area contributed by atoms with Crippen LogP contribution in [0.1, 0.15) is 22.3 Å². The van der Waals surface area contributed by atoms with Crippen molar-refractivity contribution in [2.24, 2.45) is 0 Å². The number of hydrogen-bond donors (Lipinski definition) is 0. The summed E-state index contributed by atoms with van der Waals surface area (Å²) in [6.45, 7) is 2.45. The van der Waals surface area contributed by atoms with Gasteiger partial charge >= 0.3 is 5.97 Å². The highest BCUT2D eigenvalue weighted by Crippen LogP contribution is 2.23. The lowest BCUT2D eigenvalue weighted by Gasteiger charge is -2.25. The van der Waals surface area contributed by atoms with Crippen LogP contribution in [0.5, 0.6) is 0 Å². The average molecular weight is 308 g/mol. The number of likely N-dealkylation sites (N-methyl/N-ethyl adjacent to an activating group) is 1. The van der Waals surface area contributed by atoms with Crippen LogP contribution in [0.25, 0.3) is 0 Å². The van der Waals surface area contributed by atoms with Gasteiger partial charge in [-0.3, -0.25) is 4.90 Å². The van der Waals surface area contributed by atoms with Gasteiger partial charge in [-0.15, -0.1) is 11.3 Å². The first-order valence-corrected chi connectivity index (χ1v) is 7.33. The number of methoxy groups -OCH3 is 1. The molecule has 0 fully saturated rings. The number of rotatable bonds is 5. The molecule has 0 N–H and O–H groups in total. The molecule has 1 aromatic carbocycles. The van der Waals surface area contributed by atoms with E-state index in [4.69, 9.17) is 4.74 Å². The van der Waals surface area contributed by atoms with E-state index >= 15 is 0 Å². The van der Waals surface area contributed by atoms with Crippen molar-refractivity contribution in [1.29, 1.82) is 0 Å². The second-order valence-corrected chi connectivity index (χ2v) is 5.81. The van der Waals surface area contributed by atoms with Gasteiger partial charge in [0.05, 0.1) is 17.8 Å². The zero-order valence-corrected chi connectivity index (χ0v) is 13.0. The van der Waals surface area contributed by atoms with Crippen molar-refractivity contribution in [2.75, 3.05) is 14.2 Å². The first-order valence-electron chi connectivity index (χ1n) is 6.46. The monoisotopic (exact) mass is 308 g/mol. The highest BCUT2D eigenvalue weighted by atomic mass is 32.1. The van der Waals surface area contributed by atoms with Gasteiger partial charge in [-0.2, -0.15) is 0 Å². The van der Waals surface area contributed by atoms with Gasteiger partial charge < -0.3 is 4.74 Å². The minimum atomic E-state index is -0.586. The van der Waals surface area contributed by atoms with Crippen LogP contribution in [0, 0.1) is 12.7 Å². The summed E-state index contributed by atoms with van der Waals surface area (Å²) in [5.74, 6) is -0.712. The molecule has 0 unspecified atom stereocenters. The van der Waals surface area contributed by atoms with Crippen molar-refractivity contribution in [2.45, 2.75) is 19.5 Å². The summed E-state index contributed by atoms with van der Waals surface area (Å²) in [5, 5.41) is 2.94. The van der Waals surface area contributed by atoms with Crippen molar-refractivity contribution in [3.05, 3.63) is 51.7 Å². The van der Waals surface area contributed by atoms with Crippen LogP contribution in [-0.2, 0) is 16.1 Å². The molecule has 4 nitrogen and oxygen atoms in total. The van der Waals surface area contributed by atoms with E-state index in [0.29, 0.717) is 12.1 Å². The molecule has 0 aliphatic heterocycles. The number of nitrogens with zero attached hydrogens (tertiary/aromatic N) is 2. The molecule has 0 bridgehead atoms. The number of esters is 1. The smallest absolute Gasteiger partial charge is 0.327 e. The number of ether oxygens (including phenoxy) is 1. The highest BCUT2D eigenvalue weighted by Gasteiger charge is 2.26. The van der Waals surface area contributed by atoms with Crippen LogP contribution in [0.3, 0.4) is 0 Å². The normalized spacial score (nSPS) is 12.4. The van der Waals surface area contributed by atoms with Gasteiger partial charge in [0.25, 0.3) is 0 Å². The third-order valence-electron chi connectivity index (χ3n) is 3.13. The van der Waals surface area contributed by atoms with Crippen molar-refractivity contribution < 1.29 is 13.9 Å². The molecule has 0 saturated heterocycles. The van der Waals surface area contributed by atoms with Gasteiger partial charge in [0.15, 0.2) is 0 Å². The van der Waals surface area contributed by atoms with Crippen LogP contribution in [0.2, 0.25) is 0 Å². The Kier molecular flexibility index (Phi) is 5.03. The van der Waals surface area contributed by atoms with E-state index in [2.05, 4.69) is 4.98 Å². The number of carbonyl (C=O) groups is 1. The molecule has 1 aromatic heterocycles. The van der Waals surface area contributed by atoms with Crippen molar-refractivity contribution in [3.8, 4) is 0 Å². The van der Waals surface area contributed by atoms with Gasteiger partial charge in [-0.05, 0) is 31.7 Å². The highest BCUT2D eigenvalue weighted by molar-refractivity contribution is 7.09. The second-order valence-electron chi connectivity index (χ2n) is 4.75. The Morgan fingerprint density at radius 3 is 2.62 bits per heavy atom. The van der Waals surface area contributed by atoms with Crippen LogP contribution < -0.4 is 0 Å². The summed E-state index contributed by atoms with van der Waals surface area (Å²) in [7, 11) is 3.17. The van der Waals surface area contributed by atoms with Crippen LogP contribution in [0.15, 0.2) is 29.6 Å². The van der Waals surface area contributed by atoms with E-state index in [0.717, 1.165) is 10.7 Å². The fourth-order valence-corrected chi connectivity index (χ4v) is 2.76. The van der Waals surface area contributed by atoms with E-state index < -0.39 is 6.04 Å². The van der Waals surface area contributed by atoms with Gasteiger partial charge in [-0.25, -0.2) is 14.2 Å². The number of carbonyl (C=O) groups excluding carboxylic acids is 1. The lowest BCUT2D eigenvalue weighted by Crippen LogP contribution is -2.31. The SMILES string of the molecule is COC(=O)[C@@H](c1ccc(F)cc1)N(C)Cc1csc(C)n1. The van der Waals surface area contributed by atoms with E-state index in [9.17, 15) is 9.18 Å². The molecule has 2 rings (SSSR count). The summed E-state index contributed by atoms with van der Waals surface area (Å²) in [6.07, 6.45) is 0. The summed E-state index contributed by atoms with van der Waals surface area (Å²) < 4.78 is 17.9. The van der Waals surface area contributed by atoms with E-state index in [-0.39, 0.29) is 11.8 Å². The maximum Gasteiger partial charge on any atom is 0.327 e. The molecule has 112 valence electrons. The first-order chi connectivity index (χ1) is 10.0. The molecule has 0 spiro atoms. The minimum Gasteiger partial charge on any atom is -0.468 e. The second kappa shape index (κ2) is 6.78. The summed E-state index contributed by atoms with van der Waals surface area (Å²) in [4.78, 5) is 18.3. The quantitative estimate of drug-likeness (QED) is 0.797. The zero-order valence-electron chi connectivity index (χ0n) is 12.2. The standard InChI is InChI=1S/C15H17FN2O2S/c1-10-17-13(9-21-10)8-18(2)14(15(19)20-3)11-4-6-12(16)7-5-11/h4-7,9,14H,8H2,1-3H3/t14-/m1/s1. The molecular formula is C15H17FN2O2S. The first kappa shape index (κ1) is 15.6. The van der Waals surface area contributed by atoms with Gasteiger partial charge in [-0.1, -0.05) is 12.1 Å². The molecule has 6 heteroatoms. The van der Waals surface area contributed by atoms with Gasteiger partial charge in [0, 0.05) is 11.9 Å². The Hall–Kier alpha value is -1.79. The van der Waals surface area contributed by atoms with E-state index in [1.807, 2.05) is 24.3 Å². The molecule has 0 aliphatic carbocycles. The Morgan fingerprint density at radius 1 is 1.43 bits per heavy atom. The lowest BCUT2D eigenvalue weighted by molar-refractivity contribution is -0.147. The molecule has 0 aliphatic rings. The van der Waals surface area contributed by atoms with Crippen molar-refractivity contribution in [3.63, 3.8) is 0 Å². The maximum atomic E-state index is 13.0. The number of hydrogen-bond acceptors (Lipinski definition) is 5. The van der Waals surface area contributed by atoms with E-state index in [1.54, 1.807) is 23.5 Å². The number of thiazole rings is 1. The Balaban J connectivity index is 2.22. The molecule has 21 heavy (non-hydrogen) atoms. The number of benzene rings is 1. The Morgan fingerprint density at radius 2 is 2.10 bits per heavy atom. The third kappa shape index (κ3) is 3.86. The fraction of sp³-hybridized carbons (Fsp3) is 0.333. The van der Waals surface area contributed by atoms with E-state index in [1.165, 1.54) is 19.2 Å². The molecule has 2 aromatic rings. The number of halogens is 1. The van der Waals surface area contributed by atoms with Gasteiger partial charge in [0.1, 0.15) is 11.9 Å². The molecule has 1 heterocycles. The Bertz CT molecular complexity index is 612. The predicted octanol–water partition coefficient (Wildman–Crippen LogP) is 2.94. The zero-order chi connectivity index (χ0) is 15.4.